The first-order valence-corrected chi connectivity index (χ1v) is 10.8. The first-order valence-electron chi connectivity index (χ1n) is 10.4. The van der Waals surface area contributed by atoms with Gasteiger partial charge in [-0.1, -0.05) is 23.7 Å². The van der Waals surface area contributed by atoms with E-state index in [0.29, 0.717) is 48.1 Å². The van der Waals surface area contributed by atoms with Crippen LogP contribution in [0.3, 0.4) is 0 Å². The van der Waals surface area contributed by atoms with E-state index < -0.39 is 6.10 Å². The number of amides is 3. The fourth-order valence-electron chi connectivity index (χ4n) is 3.61. The third-order valence-corrected chi connectivity index (χ3v) is 5.45. The van der Waals surface area contributed by atoms with Crippen molar-refractivity contribution in [2.24, 2.45) is 0 Å². The van der Waals surface area contributed by atoms with E-state index in [1.54, 1.807) is 35.2 Å². The lowest BCUT2D eigenvalue weighted by Gasteiger charge is -2.37. The maximum absolute atomic E-state index is 12.5. The largest absolute Gasteiger partial charge is 0.497 e. The van der Waals surface area contributed by atoms with E-state index in [1.807, 2.05) is 12.1 Å². The average Bonchev–Trinajstić information content (AvgIpc) is 2.76. The second-order valence-corrected chi connectivity index (χ2v) is 8.11. The molecule has 1 heterocycles. The van der Waals surface area contributed by atoms with Gasteiger partial charge in [-0.2, -0.15) is 0 Å². The molecular formula is C23H28ClN3O5. The fourth-order valence-corrected chi connectivity index (χ4v) is 3.74. The predicted octanol–water partition coefficient (Wildman–Crippen LogP) is 3.42. The number of rotatable bonds is 9. The van der Waals surface area contributed by atoms with Crippen LogP contribution in [-0.4, -0.2) is 54.4 Å². The molecule has 0 radical (unpaired) electrons. The molecule has 3 rings (SSSR count). The summed E-state index contributed by atoms with van der Waals surface area (Å²) in [6, 6.07) is 12.1. The molecule has 1 aliphatic rings. The number of hydrogen-bond acceptors (Lipinski definition) is 5. The number of aliphatic hydroxyl groups excluding tert-OH is 1. The van der Waals surface area contributed by atoms with Gasteiger partial charge in [0.1, 0.15) is 18.1 Å². The van der Waals surface area contributed by atoms with Crippen molar-refractivity contribution in [1.82, 2.24) is 10.2 Å². The highest BCUT2D eigenvalue weighted by molar-refractivity contribution is 6.30. The van der Waals surface area contributed by atoms with Crippen LogP contribution in [0.1, 0.15) is 25.3 Å². The molecule has 2 aromatic carbocycles. The van der Waals surface area contributed by atoms with Gasteiger partial charge in [0, 0.05) is 37.1 Å². The maximum atomic E-state index is 12.5. The predicted molar refractivity (Wildman–Crippen MR) is 122 cm³/mol. The van der Waals surface area contributed by atoms with Crippen molar-refractivity contribution in [3.8, 4) is 11.5 Å². The highest BCUT2D eigenvalue weighted by atomic mass is 35.5. The van der Waals surface area contributed by atoms with E-state index in [9.17, 15) is 14.7 Å². The number of methoxy groups -OCH3 is 1. The number of benzene rings is 2. The summed E-state index contributed by atoms with van der Waals surface area (Å²) in [7, 11) is 1.54. The summed E-state index contributed by atoms with van der Waals surface area (Å²) >= 11 is 5.95. The van der Waals surface area contributed by atoms with Crippen molar-refractivity contribution in [1.29, 1.82) is 0 Å². The van der Waals surface area contributed by atoms with Crippen LogP contribution in [0.5, 0.6) is 11.5 Å². The van der Waals surface area contributed by atoms with Crippen molar-refractivity contribution < 1.29 is 24.2 Å². The molecule has 0 aliphatic carbocycles. The molecule has 32 heavy (non-hydrogen) atoms. The van der Waals surface area contributed by atoms with E-state index in [4.69, 9.17) is 21.1 Å². The Kier molecular flexibility index (Phi) is 8.19. The molecule has 172 valence electrons. The Hall–Kier alpha value is -2.97. The summed E-state index contributed by atoms with van der Waals surface area (Å²) in [6.07, 6.45) is 0.266. The monoisotopic (exact) mass is 461 g/mol. The van der Waals surface area contributed by atoms with E-state index in [-0.39, 0.29) is 24.6 Å². The van der Waals surface area contributed by atoms with Crippen LogP contribution in [-0.2, 0) is 11.3 Å². The lowest BCUT2D eigenvalue weighted by atomic mass is 10.0. The van der Waals surface area contributed by atoms with Crippen molar-refractivity contribution in [2.75, 3.05) is 25.6 Å². The highest BCUT2D eigenvalue weighted by Crippen LogP contribution is 2.30. The molecule has 9 heteroatoms. The van der Waals surface area contributed by atoms with E-state index in [0.717, 1.165) is 5.56 Å². The molecule has 0 bridgehead atoms. The summed E-state index contributed by atoms with van der Waals surface area (Å²) in [6.45, 7) is 2.39. The standard InChI is InChI=1S/C23H28ClN3O5/c1-15(28)26-21-8-7-20(31-2)12-22(21)32-14-19(29)11-18-9-10-25-23(30)27(18)13-16-3-5-17(24)6-4-16/h3-8,12,18-19,29H,9-11,13-14H2,1-2H3,(H,25,30)(H,26,28)/t18?,19-/m0/s1. The van der Waals surface area contributed by atoms with Gasteiger partial charge in [-0.25, -0.2) is 4.79 Å². The molecule has 2 atom stereocenters. The lowest BCUT2D eigenvalue weighted by Crippen LogP contribution is -2.53. The normalized spacial score (nSPS) is 16.8. The van der Waals surface area contributed by atoms with Gasteiger partial charge in [-0.3, -0.25) is 4.79 Å². The number of nitrogens with zero attached hydrogens (tertiary/aromatic N) is 1. The Balaban J connectivity index is 1.63. The molecule has 1 unspecified atom stereocenters. The summed E-state index contributed by atoms with van der Waals surface area (Å²) in [5.41, 5.74) is 1.45. The first kappa shape index (κ1) is 23.7. The number of hydrogen-bond donors (Lipinski definition) is 3. The van der Waals surface area contributed by atoms with Crippen molar-refractivity contribution in [2.45, 2.75) is 38.5 Å². The summed E-state index contributed by atoms with van der Waals surface area (Å²) < 4.78 is 11.0. The van der Waals surface area contributed by atoms with Crippen LogP contribution >= 0.6 is 11.6 Å². The minimum atomic E-state index is -0.810. The minimum absolute atomic E-state index is 0.00660. The van der Waals surface area contributed by atoms with E-state index >= 15 is 0 Å². The number of urea groups is 1. The number of anilines is 1. The van der Waals surface area contributed by atoms with Gasteiger partial charge in [-0.05, 0) is 42.7 Å². The molecule has 1 aliphatic heterocycles. The minimum Gasteiger partial charge on any atom is -0.497 e. The molecule has 3 amide bonds. The number of carbonyl (C=O) groups excluding carboxylic acids is 2. The number of ether oxygens (including phenoxy) is 2. The van der Waals surface area contributed by atoms with Crippen LogP contribution in [0.2, 0.25) is 5.02 Å². The van der Waals surface area contributed by atoms with Crippen LogP contribution in [0, 0.1) is 0 Å². The van der Waals surface area contributed by atoms with Crippen LogP contribution in [0.15, 0.2) is 42.5 Å². The third kappa shape index (κ3) is 6.51. The van der Waals surface area contributed by atoms with Gasteiger partial charge in [0.15, 0.2) is 0 Å². The summed E-state index contributed by atoms with van der Waals surface area (Å²) in [5.74, 6) is 0.742. The Bertz CT molecular complexity index is 938. The van der Waals surface area contributed by atoms with Gasteiger partial charge in [-0.15, -0.1) is 0 Å². The molecule has 0 aromatic heterocycles. The quantitative estimate of drug-likeness (QED) is 0.531. The van der Waals surface area contributed by atoms with Gasteiger partial charge in [0.2, 0.25) is 5.91 Å². The number of aliphatic hydroxyl groups is 1. The zero-order valence-electron chi connectivity index (χ0n) is 18.1. The van der Waals surface area contributed by atoms with Gasteiger partial charge in [0.25, 0.3) is 0 Å². The zero-order chi connectivity index (χ0) is 23.1. The fraction of sp³-hybridized carbons (Fsp3) is 0.391. The Morgan fingerprint density at radius 3 is 2.75 bits per heavy atom. The van der Waals surface area contributed by atoms with Crippen molar-refractivity contribution >= 4 is 29.2 Å². The van der Waals surface area contributed by atoms with Crippen LogP contribution in [0.4, 0.5) is 10.5 Å². The molecule has 3 N–H and O–H groups in total. The van der Waals surface area contributed by atoms with Gasteiger partial charge < -0.3 is 30.1 Å². The molecule has 2 aromatic rings. The highest BCUT2D eigenvalue weighted by Gasteiger charge is 2.30. The average molecular weight is 462 g/mol. The molecule has 1 saturated heterocycles. The van der Waals surface area contributed by atoms with Gasteiger partial charge in [0.05, 0.1) is 18.9 Å². The Labute approximate surface area is 192 Å². The second kappa shape index (κ2) is 11.1. The molecule has 8 nitrogen and oxygen atoms in total. The Morgan fingerprint density at radius 2 is 2.06 bits per heavy atom. The van der Waals surface area contributed by atoms with Crippen molar-refractivity contribution in [3.05, 3.63) is 53.1 Å². The number of nitrogens with one attached hydrogen (secondary N) is 2. The number of halogens is 1. The lowest BCUT2D eigenvalue weighted by molar-refractivity contribution is -0.114. The van der Waals surface area contributed by atoms with E-state index in [2.05, 4.69) is 10.6 Å². The SMILES string of the molecule is COc1ccc(NC(C)=O)c(OC[C@@H](O)CC2CCNC(=O)N2Cc2ccc(Cl)cc2)c1. The van der Waals surface area contributed by atoms with Crippen molar-refractivity contribution in [3.63, 3.8) is 0 Å². The van der Waals surface area contributed by atoms with Crippen LogP contribution in [0.25, 0.3) is 0 Å². The summed E-state index contributed by atoms with van der Waals surface area (Å²) in [5, 5.41) is 16.8. The summed E-state index contributed by atoms with van der Waals surface area (Å²) in [4.78, 5) is 25.7. The first-order chi connectivity index (χ1) is 15.4. The van der Waals surface area contributed by atoms with E-state index in [1.165, 1.54) is 14.0 Å². The second-order valence-electron chi connectivity index (χ2n) is 7.67. The molecule has 0 saturated carbocycles. The Morgan fingerprint density at radius 1 is 1.31 bits per heavy atom. The van der Waals surface area contributed by atoms with Gasteiger partial charge >= 0.3 is 6.03 Å². The topological polar surface area (TPSA) is 100 Å². The molecule has 1 fully saturated rings. The third-order valence-electron chi connectivity index (χ3n) is 5.20. The number of carbonyl (C=O) groups is 2. The maximum Gasteiger partial charge on any atom is 0.317 e. The van der Waals surface area contributed by atoms with Crippen LogP contribution < -0.4 is 20.1 Å². The molecular weight excluding hydrogens is 434 g/mol. The molecule has 0 spiro atoms. The smallest absolute Gasteiger partial charge is 0.317 e. The zero-order valence-corrected chi connectivity index (χ0v) is 18.9.